The van der Waals surface area contributed by atoms with Gasteiger partial charge in [-0.05, 0) is 33.6 Å². The first-order chi connectivity index (χ1) is 9.69. The fourth-order valence-electron chi connectivity index (χ4n) is 2.47. The molecular formula is C13H20N2O5S. The molecule has 2 amide bonds. The SMILES string of the molecule is CC(C)(C)OC(=O)N[C@H]1CCC2SC[C@@H](C(=O)O)N2C1=O. The molecule has 3 atom stereocenters. The van der Waals surface area contributed by atoms with E-state index in [4.69, 9.17) is 4.74 Å². The molecule has 2 rings (SSSR count). The Bertz CT molecular complexity index is 462. The van der Waals surface area contributed by atoms with Crippen molar-refractivity contribution in [1.29, 1.82) is 0 Å². The second kappa shape index (κ2) is 5.75. The van der Waals surface area contributed by atoms with Crippen LogP contribution in [0.4, 0.5) is 4.79 Å². The minimum atomic E-state index is -1.00. The molecule has 0 aliphatic carbocycles. The highest BCUT2D eigenvalue weighted by atomic mass is 32.2. The molecule has 2 heterocycles. The van der Waals surface area contributed by atoms with E-state index in [1.165, 1.54) is 16.7 Å². The number of hydrogen-bond acceptors (Lipinski definition) is 5. The Hall–Kier alpha value is -1.44. The highest BCUT2D eigenvalue weighted by Crippen LogP contribution is 2.36. The predicted molar refractivity (Wildman–Crippen MR) is 76.9 cm³/mol. The van der Waals surface area contributed by atoms with E-state index in [1.54, 1.807) is 20.8 Å². The lowest BCUT2D eigenvalue weighted by atomic mass is 10.0. The second-order valence-corrected chi connectivity index (χ2v) is 7.37. The molecule has 118 valence electrons. The third kappa shape index (κ3) is 3.61. The number of nitrogens with one attached hydrogen (secondary N) is 1. The van der Waals surface area contributed by atoms with Crippen molar-refractivity contribution in [3.8, 4) is 0 Å². The monoisotopic (exact) mass is 316 g/mol. The standard InChI is InChI=1S/C13H20N2O5S/c1-13(2,3)20-12(19)14-7-4-5-9-15(10(7)16)8(6-21-9)11(17)18/h7-9H,4-6H2,1-3H3,(H,14,19)(H,17,18)/t7-,8-,9?/m0/s1. The van der Waals surface area contributed by atoms with Gasteiger partial charge >= 0.3 is 12.1 Å². The van der Waals surface area contributed by atoms with Crippen molar-refractivity contribution in [3.05, 3.63) is 0 Å². The molecule has 2 fully saturated rings. The van der Waals surface area contributed by atoms with Crippen LogP contribution in [-0.2, 0) is 14.3 Å². The van der Waals surface area contributed by atoms with Crippen molar-refractivity contribution in [2.45, 2.75) is 56.7 Å². The number of carboxylic acids is 1. The summed E-state index contributed by atoms with van der Waals surface area (Å²) in [7, 11) is 0. The number of amides is 2. The topological polar surface area (TPSA) is 95.9 Å². The van der Waals surface area contributed by atoms with Gasteiger partial charge in [-0.25, -0.2) is 9.59 Å². The minimum Gasteiger partial charge on any atom is -0.480 e. The molecule has 0 aromatic rings. The molecule has 1 unspecified atom stereocenters. The Labute approximate surface area is 127 Å². The quantitative estimate of drug-likeness (QED) is 0.790. The number of piperidine rings is 1. The largest absolute Gasteiger partial charge is 0.480 e. The summed E-state index contributed by atoms with van der Waals surface area (Å²) in [5, 5.41) is 11.6. The molecular weight excluding hydrogens is 296 g/mol. The van der Waals surface area contributed by atoms with Gasteiger partial charge in [0, 0.05) is 5.75 Å². The van der Waals surface area contributed by atoms with E-state index in [9.17, 15) is 19.5 Å². The number of carbonyl (C=O) groups is 3. The third-order valence-corrected chi connectivity index (χ3v) is 4.68. The van der Waals surface area contributed by atoms with Crippen molar-refractivity contribution < 1.29 is 24.2 Å². The number of carboxylic acid groups (broad SMARTS) is 1. The number of carbonyl (C=O) groups excluding carboxylic acids is 2. The molecule has 2 saturated heterocycles. The Balaban J connectivity index is 2.02. The van der Waals surface area contributed by atoms with Gasteiger partial charge < -0.3 is 20.1 Å². The van der Waals surface area contributed by atoms with Gasteiger partial charge in [0.25, 0.3) is 0 Å². The highest BCUT2D eigenvalue weighted by Gasteiger charge is 2.47. The maximum atomic E-state index is 12.4. The summed E-state index contributed by atoms with van der Waals surface area (Å²) in [6.07, 6.45) is 0.511. The molecule has 0 spiro atoms. The fraction of sp³-hybridized carbons (Fsp3) is 0.769. The average molecular weight is 316 g/mol. The first kappa shape index (κ1) is 15.9. The van der Waals surface area contributed by atoms with E-state index in [1.807, 2.05) is 0 Å². The highest BCUT2D eigenvalue weighted by molar-refractivity contribution is 8.00. The van der Waals surface area contributed by atoms with Crippen LogP contribution in [-0.4, -0.2) is 56.8 Å². The van der Waals surface area contributed by atoms with Crippen LogP contribution >= 0.6 is 11.8 Å². The molecule has 2 N–H and O–H groups in total. The van der Waals surface area contributed by atoms with E-state index < -0.39 is 29.7 Å². The summed E-state index contributed by atoms with van der Waals surface area (Å²) < 4.78 is 5.13. The third-order valence-electron chi connectivity index (χ3n) is 3.32. The number of alkyl carbamates (subject to hydrolysis) is 1. The number of thioether (sulfide) groups is 1. The number of nitrogens with zero attached hydrogens (tertiary/aromatic N) is 1. The maximum absolute atomic E-state index is 12.4. The molecule has 21 heavy (non-hydrogen) atoms. The smallest absolute Gasteiger partial charge is 0.408 e. The van der Waals surface area contributed by atoms with Gasteiger partial charge in [-0.15, -0.1) is 11.8 Å². The van der Waals surface area contributed by atoms with E-state index in [-0.39, 0.29) is 11.3 Å². The van der Waals surface area contributed by atoms with E-state index in [0.29, 0.717) is 18.6 Å². The number of aliphatic carboxylic acids is 1. The van der Waals surface area contributed by atoms with Crippen LogP contribution < -0.4 is 5.32 Å². The lowest BCUT2D eigenvalue weighted by Gasteiger charge is -2.36. The fourth-order valence-corrected chi connectivity index (χ4v) is 3.89. The van der Waals surface area contributed by atoms with Crippen molar-refractivity contribution in [3.63, 3.8) is 0 Å². The zero-order chi connectivity index (χ0) is 15.8. The summed E-state index contributed by atoms with van der Waals surface area (Å²) in [5.74, 6) is -0.948. The van der Waals surface area contributed by atoms with Gasteiger partial charge in [0.15, 0.2) is 0 Å². The van der Waals surface area contributed by atoms with E-state index >= 15 is 0 Å². The van der Waals surface area contributed by atoms with Crippen molar-refractivity contribution >= 4 is 29.7 Å². The van der Waals surface area contributed by atoms with Gasteiger partial charge in [0.1, 0.15) is 17.7 Å². The summed E-state index contributed by atoms with van der Waals surface area (Å²) >= 11 is 1.48. The van der Waals surface area contributed by atoms with E-state index in [2.05, 4.69) is 5.32 Å². The summed E-state index contributed by atoms with van der Waals surface area (Å²) in [6.45, 7) is 5.22. The van der Waals surface area contributed by atoms with Crippen LogP contribution in [0.25, 0.3) is 0 Å². The summed E-state index contributed by atoms with van der Waals surface area (Å²) in [6, 6.07) is -1.52. The first-order valence-corrected chi connectivity index (χ1v) is 7.90. The van der Waals surface area contributed by atoms with Gasteiger partial charge in [-0.1, -0.05) is 0 Å². The van der Waals surface area contributed by atoms with Gasteiger partial charge in [0.05, 0.1) is 5.37 Å². The zero-order valence-corrected chi connectivity index (χ0v) is 13.1. The number of rotatable bonds is 2. The Morgan fingerprint density at radius 2 is 2.05 bits per heavy atom. The molecule has 0 radical (unpaired) electrons. The van der Waals surface area contributed by atoms with Crippen molar-refractivity contribution in [1.82, 2.24) is 10.2 Å². The van der Waals surface area contributed by atoms with Gasteiger partial charge in [-0.3, -0.25) is 4.79 Å². The predicted octanol–water partition coefficient (Wildman–Crippen LogP) is 1.03. The van der Waals surface area contributed by atoms with Crippen molar-refractivity contribution in [2.75, 3.05) is 5.75 Å². The lowest BCUT2D eigenvalue weighted by molar-refractivity contribution is -0.151. The minimum absolute atomic E-state index is 0.102. The van der Waals surface area contributed by atoms with Gasteiger partial charge in [-0.2, -0.15) is 0 Å². The van der Waals surface area contributed by atoms with Crippen molar-refractivity contribution in [2.24, 2.45) is 0 Å². The summed E-state index contributed by atoms with van der Waals surface area (Å²) in [5.41, 5.74) is -0.641. The van der Waals surface area contributed by atoms with E-state index in [0.717, 1.165) is 0 Å². The molecule has 0 bridgehead atoms. The number of fused-ring (bicyclic) bond motifs is 1. The lowest BCUT2D eigenvalue weighted by Crippen LogP contribution is -2.58. The van der Waals surface area contributed by atoms with Crippen LogP contribution in [0.1, 0.15) is 33.6 Å². The van der Waals surface area contributed by atoms with Crippen LogP contribution in [0.2, 0.25) is 0 Å². The maximum Gasteiger partial charge on any atom is 0.408 e. The Morgan fingerprint density at radius 3 is 2.62 bits per heavy atom. The Morgan fingerprint density at radius 1 is 1.38 bits per heavy atom. The van der Waals surface area contributed by atoms with Crippen LogP contribution in [0.5, 0.6) is 0 Å². The summed E-state index contributed by atoms with van der Waals surface area (Å²) in [4.78, 5) is 36.7. The molecule has 0 saturated carbocycles. The first-order valence-electron chi connectivity index (χ1n) is 6.85. The van der Waals surface area contributed by atoms with Crippen LogP contribution in [0, 0.1) is 0 Å². The normalized spacial score (nSPS) is 29.0. The molecule has 0 aromatic carbocycles. The number of hydrogen-bond donors (Lipinski definition) is 2. The number of ether oxygens (including phenoxy) is 1. The molecule has 8 heteroatoms. The van der Waals surface area contributed by atoms with Gasteiger partial charge in [0.2, 0.25) is 5.91 Å². The average Bonchev–Trinajstić information content (AvgIpc) is 2.75. The van der Waals surface area contributed by atoms with Crippen LogP contribution in [0.3, 0.4) is 0 Å². The molecule has 2 aliphatic heterocycles. The molecule has 7 nitrogen and oxygen atoms in total. The molecule has 2 aliphatic rings. The zero-order valence-electron chi connectivity index (χ0n) is 12.3. The Kier molecular flexibility index (Phi) is 4.36. The molecule has 0 aromatic heterocycles. The second-order valence-electron chi connectivity index (χ2n) is 6.16. The van der Waals surface area contributed by atoms with Crippen LogP contribution in [0.15, 0.2) is 0 Å².